The fraction of sp³-hybridized carbons (Fsp3) is 0.364. The van der Waals surface area contributed by atoms with Gasteiger partial charge in [0.1, 0.15) is 6.04 Å². The van der Waals surface area contributed by atoms with Crippen LogP contribution >= 0.6 is 15.9 Å². The molecule has 1 unspecified atom stereocenters. The number of carbonyl (C=O) groups is 2. The van der Waals surface area contributed by atoms with Gasteiger partial charge in [0.05, 0.1) is 0 Å². The van der Waals surface area contributed by atoms with Gasteiger partial charge in [-0.25, -0.2) is 0 Å². The summed E-state index contributed by atoms with van der Waals surface area (Å²) in [5, 5.41) is 0. The number of carbonyl (C=O) groups excluding carboxylic acids is 2. The molecule has 0 bridgehead atoms. The van der Waals surface area contributed by atoms with Gasteiger partial charge in [0.2, 0.25) is 5.91 Å². The van der Waals surface area contributed by atoms with Crippen molar-refractivity contribution in [1.82, 2.24) is 4.90 Å². The van der Waals surface area contributed by atoms with Crippen molar-refractivity contribution in [3.63, 3.8) is 0 Å². The molecule has 1 fully saturated rings. The van der Waals surface area contributed by atoms with Gasteiger partial charge < -0.3 is 10.6 Å². The molecule has 0 aromatic heterocycles. The molecule has 1 saturated carbocycles. The lowest BCUT2D eigenvalue weighted by atomic mass is 9.91. The summed E-state index contributed by atoms with van der Waals surface area (Å²) >= 11 is 3.42. The smallest absolute Gasteiger partial charge is 0.255 e. The first-order valence-electron chi connectivity index (χ1n) is 9.54. The highest BCUT2D eigenvalue weighted by atomic mass is 79.9. The van der Waals surface area contributed by atoms with Crippen LogP contribution in [0.3, 0.4) is 0 Å². The number of fused-ring (bicyclic) bond motifs is 1. The predicted molar refractivity (Wildman–Crippen MR) is 108 cm³/mol. The lowest BCUT2D eigenvalue weighted by Crippen LogP contribution is -2.37. The molecule has 0 radical (unpaired) electrons. The summed E-state index contributed by atoms with van der Waals surface area (Å²) in [5.74, 6) is 0.0273. The molecule has 140 valence electrons. The first kappa shape index (κ1) is 18.2. The van der Waals surface area contributed by atoms with E-state index in [4.69, 9.17) is 5.73 Å². The Kier molecular flexibility index (Phi) is 5.04. The van der Waals surface area contributed by atoms with Crippen LogP contribution in [0.5, 0.6) is 0 Å². The average Bonchev–Trinajstić information content (AvgIpc) is 3.27. The van der Waals surface area contributed by atoms with Crippen LogP contribution in [-0.4, -0.2) is 23.3 Å². The summed E-state index contributed by atoms with van der Waals surface area (Å²) in [4.78, 5) is 26.6. The number of nitrogens with two attached hydrogens (primary N) is 1. The van der Waals surface area contributed by atoms with Crippen molar-refractivity contribution < 1.29 is 9.59 Å². The lowest BCUT2D eigenvalue weighted by molar-refractivity contribution is -0.122. The van der Waals surface area contributed by atoms with Crippen LogP contribution in [0.4, 0.5) is 0 Å². The molecular weight excluding hydrogens is 404 g/mol. The van der Waals surface area contributed by atoms with E-state index in [0.717, 1.165) is 10.9 Å². The number of primary amides is 1. The Morgan fingerprint density at radius 3 is 2.59 bits per heavy atom. The maximum atomic E-state index is 12.9. The quantitative estimate of drug-likeness (QED) is 0.772. The normalized spacial score (nSPS) is 19.5. The third-order valence-electron chi connectivity index (χ3n) is 5.85. The summed E-state index contributed by atoms with van der Waals surface area (Å²) in [5.41, 5.74) is 9.62. The first-order valence-corrected chi connectivity index (χ1v) is 10.3. The standard InChI is InChI=1S/C22H23BrN2O2/c23-16-9-10-18-19(13-16)20(21(24)26)25(22(18)27)12-11-15-7-3-4-8-17(15)14-5-1-2-6-14/h3-4,7-10,13-14,20H,1-2,5-6,11-12H2,(H2,24,26). The number of amides is 2. The molecule has 2 N–H and O–H groups in total. The van der Waals surface area contributed by atoms with Crippen LogP contribution in [0.1, 0.15) is 64.7 Å². The van der Waals surface area contributed by atoms with E-state index in [2.05, 4.69) is 40.2 Å². The lowest BCUT2D eigenvalue weighted by Gasteiger charge is -2.24. The van der Waals surface area contributed by atoms with Gasteiger partial charge in [-0.15, -0.1) is 0 Å². The van der Waals surface area contributed by atoms with E-state index in [0.29, 0.717) is 23.6 Å². The Morgan fingerprint density at radius 2 is 1.85 bits per heavy atom. The Labute approximate surface area is 167 Å². The van der Waals surface area contributed by atoms with Crippen LogP contribution in [0, 0.1) is 0 Å². The molecule has 2 aromatic rings. The van der Waals surface area contributed by atoms with Crippen molar-refractivity contribution >= 4 is 27.7 Å². The van der Waals surface area contributed by atoms with Crippen LogP contribution < -0.4 is 5.73 Å². The number of benzene rings is 2. The molecule has 0 saturated heterocycles. The SMILES string of the molecule is NC(=O)C1c2cc(Br)ccc2C(=O)N1CCc1ccccc1C1CCCC1. The summed E-state index contributed by atoms with van der Waals surface area (Å²) in [6.07, 6.45) is 5.79. The topological polar surface area (TPSA) is 63.4 Å². The second kappa shape index (κ2) is 7.47. The van der Waals surface area contributed by atoms with E-state index in [1.165, 1.54) is 36.8 Å². The van der Waals surface area contributed by atoms with Crippen molar-refractivity contribution in [2.24, 2.45) is 5.73 Å². The van der Waals surface area contributed by atoms with E-state index in [1.807, 2.05) is 12.1 Å². The largest absolute Gasteiger partial charge is 0.368 e. The number of nitrogens with zero attached hydrogens (tertiary/aromatic N) is 1. The van der Waals surface area contributed by atoms with E-state index >= 15 is 0 Å². The zero-order valence-corrected chi connectivity index (χ0v) is 16.7. The molecule has 2 amide bonds. The van der Waals surface area contributed by atoms with Gasteiger partial charge in [-0.05, 0) is 60.1 Å². The number of hydrogen-bond donors (Lipinski definition) is 1. The van der Waals surface area contributed by atoms with Crippen molar-refractivity contribution in [3.05, 3.63) is 69.2 Å². The minimum absolute atomic E-state index is 0.111. The highest BCUT2D eigenvalue weighted by Gasteiger charge is 2.40. The zero-order chi connectivity index (χ0) is 19.0. The Hall–Kier alpha value is -2.14. The maximum Gasteiger partial charge on any atom is 0.255 e. The molecule has 1 heterocycles. The van der Waals surface area contributed by atoms with E-state index in [-0.39, 0.29) is 5.91 Å². The summed E-state index contributed by atoms with van der Waals surface area (Å²) in [7, 11) is 0. The number of rotatable bonds is 5. The van der Waals surface area contributed by atoms with Gasteiger partial charge in [-0.3, -0.25) is 9.59 Å². The average molecular weight is 427 g/mol. The number of halogens is 1. The van der Waals surface area contributed by atoms with E-state index < -0.39 is 11.9 Å². The van der Waals surface area contributed by atoms with E-state index in [1.54, 1.807) is 11.0 Å². The Balaban J connectivity index is 1.58. The van der Waals surface area contributed by atoms with Gasteiger partial charge in [-0.2, -0.15) is 0 Å². The molecule has 27 heavy (non-hydrogen) atoms. The van der Waals surface area contributed by atoms with Crippen LogP contribution in [0.2, 0.25) is 0 Å². The molecule has 1 atom stereocenters. The second-order valence-corrected chi connectivity index (χ2v) is 8.38. The molecule has 4 nitrogen and oxygen atoms in total. The van der Waals surface area contributed by atoms with Crippen LogP contribution in [-0.2, 0) is 11.2 Å². The zero-order valence-electron chi connectivity index (χ0n) is 15.2. The van der Waals surface area contributed by atoms with Gasteiger partial charge in [0.15, 0.2) is 0 Å². The molecule has 5 heteroatoms. The van der Waals surface area contributed by atoms with Crippen molar-refractivity contribution in [3.8, 4) is 0 Å². The van der Waals surface area contributed by atoms with Gasteiger partial charge in [0.25, 0.3) is 5.91 Å². The molecule has 2 aromatic carbocycles. The van der Waals surface area contributed by atoms with Gasteiger partial charge >= 0.3 is 0 Å². The predicted octanol–water partition coefficient (Wildman–Crippen LogP) is 4.33. The fourth-order valence-corrected chi connectivity index (χ4v) is 4.95. The van der Waals surface area contributed by atoms with Gasteiger partial charge in [0, 0.05) is 16.6 Å². The Bertz CT molecular complexity index is 890. The summed E-state index contributed by atoms with van der Waals surface area (Å²) in [6, 6.07) is 13.2. The molecule has 4 rings (SSSR count). The first-order chi connectivity index (χ1) is 13.1. The fourth-order valence-electron chi connectivity index (χ4n) is 4.57. The van der Waals surface area contributed by atoms with Crippen LogP contribution in [0.25, 0.3) is 0 Å². The minimum Gasteiger partial charge on any atom is -0.368 e. The minimum atomic E-state index is -0.691. The second-order valence-electron chi connectivity index (χ2n) is 7.47. The molecule has 0 spiro atoms. The van der Waals surface area contributed by atoms with Crippen molar-refractivity contribution in [2.45, 2.75) is 44.1 Å². The number of hydrogen-bond acceptors (Lipinski definition) is 2. The third-order valence-corrected chi connectivity index (χ3v) is 6.35. The molecular formula is C22H23BrN2O2. The van der Waals surface area contributed by atoms with Crippen molar-refractivity contribution in [1.29, 1.82) is 0 Å². The highest BCUT2D eigenvalue weighted by molar-refractivity contribution is 9.10. The Morgan fingerprint density at radius 1 is 1.11 bits per heavy atom. The molecule has 1 aliphatic carbocycles. The molecule has 1 aliphatic heterocycles. The van der Waals surface area contributed by atoms with E-state index in [9.17, 15) is 9.59 Å². The maximum absolute atomic E-state index is 12.9. The molecule has 2 aliphatic rings. The monoisotopic (exact) mass is 426 g/mol. The summed E-state index contributed by atoms with van der Waals surface area (Å²) in [6.45, 7) is 0.489. The summed E-state index contributed by atoms with van der Waals surface area (Å²) < 4.78 is 0.841. The highest BCUT2D eigenvalue weighted by Crippen LogP contribution is 2.38. The van der Waals surface area contributed by atoms with Crippen molar-refractivity contribution in [2.75, 3.05) is 6.54 Å². The third kappa shape index (κ3) is 3.41. The van der Waals surface area contributed by atoms with Crippen LogP contribution in [0.15, 0.2) is 46.9 Å². The van der Waals surface area contributed by atoms with Gasteiger partial charge in [-0.1, -0.05) is 53.0 Å².